The van der Waals surface area contributed by atoms with Crippen LogP contribution in [-0.4, -0.2) is 46.3 Å². The van der Waals surface area contributed by atoms with Crippen LogP contribution >= 0.6 is 23.2 Å². The van der Waals surface area contributed by atoms with Gasteiger partial charge in [0.15, 0.2) is 5.69 Å². The fourth-order valence-corrected chi connectivity index (χ4v) is 7.64. The summed E-state index contributed by atoms with van der Waals surface area (Å²) in [5.41, 5.74) is 6.32. The Kier molecular flexibility index (Phi) is 8.57. The highest BCUT2D eigenvalue weighted by Gasteiger charge is 2.60. The van der Waals surface area contributed by atoms with Crippen molar-refractivity contribution in [1.29, 1.82) is 0 Å². The number of para-hydroxylation sites is 1. The van der Waals surface area contributed by atoms with Gasteiger partial charge in [0.05, 0.1) is 27.8 Å². The smallest absolute Gasteiger partial charge is 0.317 e. The molecule has 2 atom stereocenters. The average Bonchev–Trinajstić information content (AvgIpc) is 3.21. The van der Waals surface area contributed by atoms with Crippen molar-refractivity contribution < 1.29 is 13.2 Å². The van der Waals surface area contributed by atoms with Gasteiger partial charge in [0, 0.05) is 18.2 Å². The van der Waals surface area contributed by atoms with E-state index < -0.39 is 20.1 Å². The summed E-state index contributed by atoms with van der Waals surface area (Å²) < 4.78 is 26.7. The van der Waals surface area contributed by atoms with Crippen LogP contribution in [0.2, 0.25) is 10.0 Å². The first-order valence-corrected chi connectivity index (χ1v) is 16.2. The minimum absolute atomic E-state index is 0.275. The second-order valence-electron chi connectivity index (χ2n) is 10.9. The summed E-state index contributed by atoms with van der Waals surface area (Å²) in [6.07, 6.45) is 3.83. The van der Waals surface area contributed by atoms with E-state index in [0.29, 0.717) is 35.1 Å². The molecule has 1 saturated heterocycles. The van der Waals surface area contributed by atoms with Crippen LogP contribution < -0.4 is 20.1 Å². The number of fused-ring (bicyclic) bond motifs is 2. The van der Waals surface area contributed by atoms with Crippen LogP contribution in [0.4, 0.5) is 5.69 Å². The lowest BCUT2D eigenvalue weighted by molar-refractivity contribution is -0.126. The van der Waals surface area contributed by atoms with Crippen molar-refractivity contribution in [2.75, 3.05) is 25.9 Å². The molecule has 0 aromatic heterocycles. The minimum Gasteiger partial charge on any atom is -0.317 e. The van der Waals surface area contributed by atoms with E-state index in [0.717, 1.165) is 42.6 Å². The number of carbonyl (C=O) groups excluding carboxylic acids is 1. The van der Waals surface area contributed by atoms with E-state index in [2.05, 4.69) is 16.1 Å². The lowest BCUT2D eigenvalue weighted by Gasteiger charge is -2.36. The van der Waals surface area contributed by atoms with Gasteiger partial charge < -0.3 is 10.6 Å². The molecule has 7 nitrogen and oxygen atoms in total. The summed E-state index contributed by atoms with van der Waals surface area (Å²) in [4.78, 5) is 14.1. The SMILES string of the molecule is CS(=O)(=O)[N+]1(NC(=O)C(CCc2ccc(Cl)c(Cl)c2)NCc2ccccc2)CC2(CCNCC2)c2ccccc21. The predicted octanol–water partition coefficient (Wildman–Crippen LogP) is 4.72. The standard InChI is InChI=1S/C30H34Cl2N4O3S/c1-40(38,39)36(21-30(15-17-33-18-16-30)24-9-5-6-10-28(24)36)35-29(37)27(34-20-23-7-3-2-4-8-23)14-12-22-11-13-25(31)26(32)19-22/h2-11,13,19,27,33-34H,12,14-18,20-21H2,1H3/p+1. The Labute approximate surface area is 246 Å². The lowest BCUT2D eigenvalue weighted by Crippen LogP contribution is -2.68. The second kappa shape index (κ2) is 11.8. The van der Waals surface area contributed by atoms with Gasteiger partial charge in [0.1, 0.15) is 6.54 Å². The maximum Gasteiger partial charge on any atom is 0.321 e. The summed E-state index contributed by atoms with van der Waals surface area (Å²) in [6.45, 7) is 2.34. The Bertz CT molecular complexity index is 1480. The molecule has 0 radical (unpaired) electrons. The van der Waals surface area contributed by atoms with Crippen molar-refractivity contribution in [3.63, 3.8) is 0 Å². The molecule has 1 spiro atoms. The van der Waals surface area contributed by atoms with Gasteiger partial charge in [0.2, 0.25) is 0 Å². The largest absolute Gasteiger partial charge is 0.321 e. The molecular formula is C30H35Cl2N4O3S+. The number of benzene rings is 3. The van der Waals surface area contributed by atoms with Crippen molar-refractivity contribution in [3.8, 4) is 0 Å². The molecule has 1 amide bonds. The van der Waals surface area contributed by atoms with E-state index in [4.69, 9.17) is 23.2 Å². The molecule has 2 unspecified atom stereocenters. The third-order valence-electron chi connectivity index (χ3n) is 8.23. The molecular weight excluding hydrogens is 567 g/mol. The van der Waals surface area contributed by atoms with E-state index in [9.17, 15) is 13.2 Å². The summed E-state index contributed by atoms with van der Waals surface area (Å²) >= 11 is 12.3. The number of carbonyl (C=O) groups is 1. The summed E-state index contributed by atoms with van der Waals surface area (Å²) in [6, 6.07) is 22.3. The van der Waals surface area contributed by atoms with Gasteiger partial charge >= 0.3 is 10.0 Å². The third-order valence-corrected chi connectivity index (χ3v) is 10.5. The fourth-order valence-electron chi connectivity index (χ4n) is 6.07. The number of piperidine rings is 1. The average molecular weight is 603 g/mol. The Morgan fingerprint density at radius 2 is 1.68 bits per heavy atom. The number of nitrogens with zero attached hydrogens (tertiary/aromatic N) is 1. The van der Waals surface area contributed by atoms with Crippen LogP contribution in [0.15, 0.2) is 72.8 Å². The Morgan fingerprint density at radius 3 is 2.38 bits per heavy atom. The van der Waals surface area contributed by atoms with E-state index in [1.807, 2.05) is 60.7 Å². The predicted molar refractivity (Wildman–Crippen MR) is 162 cm³/mol. The number of rotatable bonds is 9. The van der Waals surface area contributed by atoms with Crippen molar-refractivity contribution in [2.45, 2.75) is 43.7 Å². The van der Waals surface area contributed by atoms with Crippen LogP contribution in [-0.2, 0) is 33.2 Å². The van der Waals surface area contributed by atoms with Gasteiger partial charge in [-0.25, -0.2) is 0 Å². The summed E-state index contributed by atoms with van der Waals surface area (Å²) in [5.74, 6) is -0.359. The second-order valence-corrected chi connectivity index (χ2v) is 13.8. The van der Waals surface area contributed by atoms with Gasteiger partial charge in [-0.2, -0.15) is 13.8 Å². The number of hydrogen-bond acceptors (Lipinski definition) is 5. The zero-order valence-corrected chi connectivity index (χ0v) is 24.8. The highest BCUT2D eigenvalue weighted by molar-refractivity contribution is 7.90. The molecule has 0 aliphatic carbocycles. The molecule has 3 aromatic rings. The topological polar surface area (TPSA) is 87.3 Å². The number of hydrogen-bond donors (Lipinski definition) is 3. The molecule has 212 valence electrons. The van der Waals surface area contributed by atoms with Crippen molar-refractivity contribution in [1.82, 2.24) is 20.1 Å². The first-order valence-electron chi connectivity index (χ1n) is 13.6. The maximum absolute atomic E-state index is 14.1. The molecule has 2 heterocycles. The van der Waals surface area contributed by atoms with E-state index >= 15 is 0 Å². The van der Waals surface area contributed by atoms with E-state index in [-0.39, 0.29) is 17.9 Å². The number of sulfonamides is 1. The highest BCUT2D eigenvalue weighted by atomic mass is 35.5. The summed E-state index contributed by atoms with van der Waals surface area (Å²) in [5, 5.41) is 7.71. The van der Waals surface area contributed by atoms with Crippen LogP contribution in [0.3, 0.4) is 0 Å². The van der Waals surface area contributed by atoms with Crippen LogP contribution in [0.25, 0.3) is 0 Å². The van der Waals surface area contributed by atoms with Gasteiger partial charge in [-0.1, -0.05) is 81.8 Å². The highest BCUT2D eigenvalue weighted by Crippen LogP contribution is 2.50. The van der Waals surface area contributed by atoms with Gasteiger partial charge in [0.25, 0.3) is 5.91 Å². The quantitative estimate of drug-likeness (QED) is 0.309. The van der Waals surface area contributed by atoms with Crippen LogP contribution in [0, 0.1) is 0 Å². The monoisotopic (exact) mass is 601 g/mol. The van der Waals surface area contributed by atoms with Gasteiger partial charge in [-0.3, -0.25) is 4.79 Å². The Morgan fingerprint density at radius 1 is 0.975 bits per heavy atom. The zero-order chi connectivity index (χ0) is 28.4. The third kappa shape index (κ3) is 5.79. The van der Waals surface area contributed by atoms with Gasteiger partial charge in [-0.05, 0) is 62.0 Å². The first-order chi connectivity index (χ1) is 19.1. The molecule has 5 rings (SSSR count). The molecule has 0 bridgehead atoms. The number of halogens is 2. The number of quaternary nitrogens is 1. The fraction of sp³-hybridized carbons (Fsp3) is 0.367. The minimum atomic E-state index is -3.80. The molecule has 40 heavy (non-hydrogen) atoms. The summed E-state index contributed by atoms with van der Waals surface area (Å²) in [7, 11) is -3.80. The van der Waals surface area contributed by atoms with Crippen molar-refractivity contribution in [3.05, 3.63) is 99.5 Å². The number of amides is 1. The number of aryl methyl sites for hydroxylation is 1. The molecule has 0 saturated carbocycles. The molecule has 1 fully saturated rings. The van der Waals surface area contributed by atoms with E-state index in [1.54, 1.807) is 12.1 Å². The van der Waals surface area contributed by atoms with Gasteiger partial charge in [-0.15, -0.1) is 0 Å². The zero-order valence-electron chi connectivity index (χ0n) is 22.5. The lowest BCUT2D eigenvalue weighted by atomic mass is 9.75. The molecule has 2 aliphatic rings. The number of nitrogens with one attached hydrogen (secondary N) is 3. The Balaban J connectivity index is 1.45. The molecule has 2 aliphatic heterocycles. The van der Waals surface area contributed by atoms with E-state index in [1.165, 1.54) is 6.26 Å². The maximum atomic E-state index is 14.1. The Hall–Kier alpha value is -2.46. The molecule has 10 heteroatoms. The molecule has 3 N–H and O–H groups in total. The van der Waals surface area contributed by atoms with Crippen LogP contribution in [0.1, 0.15) is 36.0 Å². The van der Waals surface area contributed by atoms with Crippen LogP contribution in [0.5, 0.6) is 0 Å². The van der Waals surface area contributed by atoms with Crippen molar-refractivity contribution >= 4 is 44.8 Å². The normalized spacial score (nSPS) is 20.7. The first kappa shape index (κ1) is 29.0. The molecule has 3 aromatic carbocycles. The van der Waals surface area contributed by atoms with Crippen molar-refractivity contribution in [2.24, 2.45) is 0 Å².